The summed E-state index contributed by atoms with van der Waals surface area (Å²) in [4.78, 5) is 1.89. The molecule has 0 saturated carbocycles. The van der Waals surface area contributed by atoms with Crippen molar-refractivity contribution in [3.05, 3.63) is 224 Å². The van der Waals surface area contributed by atoms with Crippen LogP contribution in [0.25, 0.3) is 66.4 Å². The van der Waals surface area contributed by atoms with E-state index in [1.165, 1.54) is 0 Å². The van der Waals surface area contributed by atoms with Crippen molar-refractivity contribution < 1.29 is 5.48 Å². The smallest absolute Gasteiger partial charge is 0.0651 e. The number of anilines is 3. The summed E-state index contributed by atoms with van der Waals surface area (Å²) in [5.41, 5.74) is 11.6. The molecule has 0 unspecified atom stereocenters. The van der Waals surface area contributed by atoms with E-state index in [2.05, 4.69) is 97.1 Å². The molecule has 250 valence electrons. The van der Waals surface area contributed by atoms with Crippen LogP contribution in [0, 0.1) is 0 Å². The van der Waals surface area contributed by atoms with E-state index < -0.39 is 0 Å². The first-order valence-corrected chi connectivity index (χ1v) is 17.8. The standard InChI is InChI=1S/C52H37N/c1-3-11-38(12-4-1)40-21-25-42(26-22-40)44-29-33-48(34-30-44)53(50-18-9-17-47(37-50)52-20-10-16-46-15-7-8-19-51(46)52)49-35-31-45(32-36-49)43-27-23-41(24-28-43)39-13-5-2-6-14-39/h1-37H/i9D,17D,18D,37D. The number of hydrogen-bond acceptors (Lipinski definition) is 1. The van der Waals surface area contributed by atoms with Crippen molar-refractivity contribution >= 4 is 27.8 Å². The van der Waals surface area contributed by atoms with E-state index in [0.29, 0.717) is 11.1 Å². The van der Waals surface area contributed by atoms with E-state index in [1.54, 1.807) is 0 Å². The maximum atomic E-state index is 9.74. The molecule has 0 saturated heterocycles. The molecule has 0 aliphatic rings. The molecule has 0 radical (unpaired) electrons. The van der Waals surface area contributed by atoms with Crippen molar-refractivity contribution in [2.45, 2.75) is 0 Å². The van der Waals surface area contributed by atoms with E-state index in [-0.39, 0.29) is 29.9 Å². The van der Waals surface area contributed by atoms with Crippen LogP contribution in [0.3, 0.4) is 0 Å². The highest BCUT2D eigenvalue weighted by molar-refractivity contribution is 5.97. The van der Waals surface area contributed by atoms with Crippen LogP contribution >= 0.6 is 0 Å². The normalized spacial score (nSPS) is 12.1. The van der Waals surface area contributed by atoms with Crippen molar-refractivity contribution in [3.63, 3.8) is 0 Å². The van der Waals surface area contributed by atoms with Crippen LogP contribution in [-0.2, 0) is 0 Å². The summed E-state index contributed by atoms with van der Waals surface area (Å²) in [6.07, 6.45) is 0. The molecule has 9 aromatic rings. The number of benzene rings is 9. The highest BCUT2D eigenvalue weighted by Gasteiger charge is 2.15. The zero-order chi connectivity index (χ0) is 38.9. The molecular weight excluding hydrogens is 639 g/mol. The van der Waals surface area contributed by atoms with Crippen molar-refractivity contribution in [2.24, 2.45) is 0 Å². The summed E-state index contributed by atoms with van der Waals surface area (Å²) in [5.74, 6) is 0. The third kappa shape index (κ3) is 6.65. The van der Waals surface area contributed by atoms with Gasteiger partial charge >= 0.3 is 0 Å². The number of hydrogen-bond donors (Lipinski definition) is 0. The van der Waals surface area contributed by atoms with Crippen molar-refractivity contribution in [1.29, 1.82) is 0 Å². The van der Waals surface area contributed by atoms with Gasteiger partial charge in [-0.2, -0.15) is 0 Å². The van der Waals surface area contributed by atoms with Gasteiger partial charge in [-0.1, -0.05) is 188 Å². The molecule has 9 rings (SSSR count). The fourth-order valence-electron chi connectivity index (χ4n) is 7.01. The van der Waals surface area contributed by atoms with Crippen LogP contribution in [0.2, 0.25) is 0 Å². The van der Waals surface area contributed by atoms with E-state index in [9.17, 15) is 2.74 Å². The molecule has 0 atom stereocenters. The molecule has 0 amide bonds. The molecule has 9 aromatic carbocycles. The van der Waals surface area contributed by atoms with Crippen LogP contribution in [-0.4, -0.2) is 0 Å². The molecule has 0 aliphatic heterocycles. The van der Waals surface area contributed by atoms with Gasteiger partial charge in [-0.3, -0.25) is 0 Å². The highest BCUT2D eigenvalue weighted by atomic mass is 15.1. The molecule has 1 heteroatoms. The van der Waals surface area contributed by atoms with Gasteiger partial charge in [-0.25, -0.2) is 0 Å². The van der Waals surface area contributed by atoms with Gasteiger partial charge in [0.1, 0.15) is 0 Å². The Hall–Kier alpha value is -6.96. The third-order valence-electron chi connectivity index (χ3n) is 9.80. The Morgan fingerprint density at radius 3 is 1.19 bits per heavy atom. The second-order valence-electron chi connectivity index (χ2n) is 13.1. The molecular formula is C52H37N. The number of nitrogens with zero attached hydrogens (tertiary/aromatic N) is 1. The van der Waals surface area contributed by atoms with Gasteiger partial charge < -0.3 is 4.90 Å². The maximum absolute atomic E-state index is 9.74. The monoisotopic (exact) mass is 679 g/mol. The molecule has 0 aliphatic carbocycles. The lowest BCUT2D eigenvalue weighted by molar-refractivity contribution is 1.28. The van der Waals surface area contributed by atoms with Crippen molar-refractivity contribution in [1.82, 2.24) is 0 Å². The zero-order valence-electron chi connectivity index (χ0n) is 33.0. The minimum atomic E-state index is -0.223. The van der Waals surface area contributed by atoms with Gasteiger partial charge in [0.05, 0.1) is 5.48 Å². The van der Waals surface area contributed by atoms with E-state index in [4.69, 9.17) is 2.74 Å². The van der Waals surface area contributed by atoms with Crippen LogP contribution in [0.4, 0.5) is 17.1 Å². The van der Waals surface area contributed by atoms with Crippen molar-refractivity contribution in [2.75, 3.05) is 4.90 Å². The first-order chi connectivity index (χ1) is 27.9. The SMILES string of the molecule is [2H]c1c([2H])c(-c2cccc3ccccc23)c([2H])c(N(c2ccc(-c3ccc(-c4ccccc4)cc3)cc2)c2ccc(-c3ccc(-c4ccccc4)cc3)cc2)c1[2H]. The van der Waals surface area contributed by atoms with Gasteiger partial charge in [0.25, 0.3) is 0 Å². The molecule has 0 N–H and O–H groups in total. The van der Waals surface area contributed by atoms with E-state index in [1.807, 2.05) is 108 Å². The van der Waals surface area contributed by atoms with E-state index >= 15 is 0 Å². The largest absolute Gasteiger partial charge is 0.310 e. The van der Waals surface area contributed by atoms with Crippen LogP contribution in [0.1, 0.15) is 5.48 Å². The summed E-state index contributed by atoms with van der Waals surface area (Å²) in [6.45, 7) is 0. The summed E-state index contributed by atoms with van der Waals surface area (Å²) in [6, 6.07) is 67.1. The fourth-order valence-corrected chi connectivity index (χ4v) is 7.01. The topological polar surface area (TPSA) is 3.24 Å². The second-order valence-corrected chi connectivity index (χ2v) is 13.1. The van der Waals surface area contributed by atoms with Crippen LogP contribution < -0.4 is 4.90 Å². The number of fused-ring (bicyclic) bond motifs is 1. The average Bonchev–Trinajstić information content (AvgIpc) is 3.28. The summed E-state index contributed by atoms with van der Waals surface area (Å²) in [5, 5.41) is 1.87. The second kappa shape index (κ2) is 14.3. The van der Waals surface area contributed by atoms with Gasteiger partial charge in [-0.05, 0) is 103 Å². The quantitative estimate of drug-likeness (QED) is 0.154. The van der Waals surface area contributed by atoms with E-state index in [0.717, 1.165) is 66.7 Å². The third-order valence-corrected chi connectivity index (χ3v) is 9.80. The first kappa shape index (κ1) is 27.7. The molecule has 53 heavy (non-hydrogen) atoms. The van der Waals surface area contributed by atoms with Gasteiger partial charge in [0.15, 0.2) is 0 Å². The molecule has 0 fully saturated rings. The van der Waals surface area contributed by atoms with Crippen LogP contribution in [0.5, 0.6) is 0 Å². The van der Waals surface area contributed by atoms with Crippen molar-refractivity contribution in [3.8, 4) is 55.6 Å². The Labute approximate surface area is 317 Å². The highest BCUT2D eigenvalue weighted by Crippen LogP contribution is 2.39. The predicted molar refractivity (Wildman–Crippen MR) is 226 cm³/mol. The molecule has 1 nitrogen and oxygen atoms in total. The lowest BCUT2D eigenvalue weighted by Crippen LogP contribution is -2.10. The predicted octanol–water partition coefficient (Wildman–Crippen LogP) is 14.6. The van der Waals surface area contributed by atoms with Gasteiger partial charge in [-0.15, -0.1) is 0 Å². The minimum Gasteiger partial charge on any atom is -0.310 e. The van der Waals surface area contributed by atoms with Gasteiger partial charge in [0.2, 0.25) is 0 Å². The average molecular weight is 680 g/mol. The summed E-state index contributed by atoms with van der Waals surface area (Å²) in [7, 11) is 0. The van der Waals surface area contributed by atoms with Crippen LogP contribution in [0.15, 0.2) is 224 Å². The Bertz CT molecular complexity index is 2700. The molecule has 0 spiro atoms. The lowest BCUT2D eigenvalue weighted by Gasteiger charge is -2.26. The number of rotatable bonds is 8. The summed E-state index contributed by atoms with van der Waals surface area (Å²) < 4.78 is 37.2. The molecule has 0 heterocycles. The Morgan fingerprint density at radius 2 is 0.698 bits per heavy atom. The Balaban J connectivity index is 1.15. The lowest BCUT2D eigenvalue weighted by atomic mass is 9.97. The van der Waals surface area contributed by atoms with Gasteiger partial charge in [0, 0.05) is 17.1 Å². The molecule has 0 aromatic heterocycles. The Kier molecular flexibility index (Phi) is 7.50. The zero-order valence-corrected chi connectivity index (χ0v) is 29.0. The molecule has 0 bridgehead atoms. The Morgan fingerprint density at radius 1 is 0.302 bits per heavy atom. The fraction of sp³-hybridized carbons (Fsp3) is 0. The first-order valence-electron chi connectivity index (χ1n) is 19.8. The maximum Gasteiger partial charge on any atom is 0.0651 e. The minimum absolute atomic E-state index is 0.0264. The summed E-state index contributed by atoms with van der Waals surface area (Å²) >= 11 is 0.